The van der Waals surface area contributed by atoms with Crippen LogP contribution >= 0.6 is 0 Å². The van der Waals surface area contributed by atoms with E-state index in [9.17, 15) is 0 Å². The lowest BCUT2D eigenvalue weighted by Crippen LogP contribution is -3.00. The SMILES string of the molecule is CCCCCCCC[n+]1ccn(CCCCCCO)c1.[Cl-]. The van der Waals surface area contributed by atoms with Crippen LogP contribution in [0.15, 0.2) is 18.7 Å². The van der Waals surface area contributed by atoms with Crippen LogP contribution < -0.4 is 17.0 Å². The summed E-state index contributed by atoms with van der Waals surface area (Å²) in [6.07, 6.45) is 19.3. The summed E-state index contributed by atoms with van der Waals surface area (Å²) in [5, 5.41) is 8.73. The van der Waals surface area contributed by atoms with E-state index in [0.29, 0.717) is 6.61 Å². The molecule has 21 heavy (non-hydrogen) atoms. The molecule has 1 heterocycles. The largest absolute Gasteiger partial charge is 1.00 e. The normalized spacial score (nSPS) is 10.6. The van der Waals surface area contributed by atoms with Crippen LogP contribution in [-0.2, 0) is 13.1 Å². The summed E-state index contributed by atoms with van der Waals surface area (Å²) in [6, 6.07) is 0. The van der Waals surface area contributed by atoms with Gasteiger partial charge in [-0.25, -0.2) is 9.13 Å². The van der Waals surface area contributed by atoms with Crippen LogP contribution in [0.3, 0.4) is 0 Å². The highest BCUT2D eigenvalue weighted by molar-refractivity contribution is 4.66. The van der Waals surface area contributed by atoms with Gasteiger partial charge < -0.3 is 17.5 Å². The number of rotatable bonds is 13. The number of aryl methyl sites for hydroxylation is 2. The molecular weight excluding hydrogens is 284 g/mol. The highest BCUT2D eigenvalue weighted by atomic mass is 35.5. The maximum absolute atomic E-state index is 8.73. The first-order chi connectivity index (χ1) is 9.86. The molecule has 0 amide bonds. The van der Waals surface area contributed by atoms with Crippen LogP contribution in [0.5, 0.6) is 0 Å². The fourth-order valence-electron chi connectivity index (χ4n) is 2.54. The predicted molar refractivity (Wildman–Crippen MR) is 83.6 cm³/mol. The Bertz CT molecular complexity index is 328. The first-order valence-electron chi connectivity index (χ1n) is 8.52. The summed E-state index contributed by atoms with van der Waals surface area (Å²) in [5.41, 5.74) is 0. The molecule has 0 aliphatic heterocycles. The zero-order chi connectivity index (χ0) is 14.5. The number of unbranched alkanes of at least 4 members (excludes halogenated alkanes) is 8. The zero-order valence-electron chi connectivity index (χ0n) is 13.6. The van der Waals surface area contributed by atoms with Gasteiger partial charge in [0.15, 0.2) is 0 Å². The van der Waals surface area contributed by atoms with E-state index in [2.05, 4.69) is 34.8 Å². The quantitative estimate of drug-likeness (QED) is 0.421. The van der Waals surface area contributed by atoms with Crippen molar-refractivity contribution >= 4 is 0 Å². The van der Waals surface area contributed by atoms with E-state index >= 15 is 0 Å². The van der Waals surface area contributed by atoms with Crippen LogP contribution in [0.2, 0.25) is 0 Å². The fourth-order valence-corrected chi connectivity index (χ4v) is 2.54. The molecule has 3 nitrogen and oxygen atoms in total. The van der Waals surface area contributed by atoms with Crippen molar-refractivity contribution in [3.63, 3.8) is 0 Å². The second kappa shape index (κ2) is 14.4. The van der Waals surface area contributed by atoms with Gasteiger partial charge in [0.05, 0.1) is 13.1 Å². The Morgan fingerprint density at radius 1 is 0.905 bits per heavy atom. The van der Waals surface area contributed by atoms with E-state index < -0.39 is 0 Å². The Balaban J connectivity index is 0.00000400. The van der Waals surface area contributed by atoms with Gasteiger partial charge in [0.1, 0.15) is 12.4 Å². The molecule has 0 aliphatic carbocycles. The standard InChI is InChI=1S/C17H33N2O.ClH/c1-2-3-4-5-6-9-12-18-14-15-19(17-18)13-10-7-8-11-16-20;/h14-15,17,20H,2-13,16H2,1H3;1H/q+1;/p-1. The topological polar surface area (TPSA) is 29.0 Å². The molecule has 0 fully saturated rings. The van der Waals surface area contributed by atoms with Crippen molar-refractivity contribution in [3.8, 4) is 0 Å². The van der Waals surface area contributed by atoms with Crippen molar-refractivity contribution in [1.82, 2.24) is 4.57 Å². The average Bonchev–Trinajstić information content (AvgIpc) is 2.90. The molecule has 0 aromatic carbocycles. The summed E-state index contributed by atoms with van der Waals surface area (Å²) in [5.74, 6) is 0. The average molecular weight is 317 g/mol. The molecule has 4 heteroatoms. The summed E-state index contributed by atoms with van der Waals surface area (Å²) < 4.78 is 4.60. The van der Waals surface area contributed by atoms with E-state index in [1.165, 1.54) is 51.4 Å². The number of aliphatic hydroxyl groups excluding tert-OH is 1. The molecule has 0 spiro atoms. The summed E-state index contributed by atoms with van der Waals surface area (Å²) in [4.78, 5) is 0. The third-order valence-corrected chi connectivity index (χ3v) is 3.84. The molecule has 0 unspecified atom stereocenters. The maximum Gasteiger partial charge on any atom is 0.243 e. The van der Waals surface area contributed by atoms with Gasteiger partial charge in [-0.05, 0) is 32.1 Å². The molecule has 1 N–H and O–H groups in total. The van der Waals surface area contributed by atoms with Crippen LogP contribution in [0.25, 0.3) is 0 Å². The van der Waals surface area contributed by atoms with E-state index in [1.807, 2.05) is 0 Å². The molecule has 124 valence electrons. The van der Waals surface area contributed by atoms with Gasteiger partial charge in [-0.15, -0.1) is 0 Å². The molecule has 0 atom stereocenters. The van der Waals surface area contributed by atoms with E-state index in [1.54, 1.807) is 0 Å². The second-order valence-electron chi connectivity index (χ2n) is 5.79. The van der Waals surface area contributed by atoms with Gasteiger partial charge in [-0.1, -0.05) is 39.0 Å². The minimum atomic E-state index is 0. The molecule has 0 bridgehead atoms. The minimum absolute atomic E-state index is 0. The van der Waals surface area contributed by atoms with Crippen LogP contribution in [0.4, 0.5) is 0 Å². The first kappa shape index (κ1) is 20.5. The third kappa shape index (κ3) is 10.8. The Morgan fingerprint density at radius 2 is 1.57 bits per heavy atom. The smallest absolute Gasteiger partial charge is 0.243 e. The van der Waals surface area contributed by atoms with Gasteiger partial charge >= 0.3 is 0 Å². The van der Waals surface area contributed by atoms with E-state index in [0.717, 1.165) is 25.9 Å². The molecule has 0 saturated carbocycles. The van der Waals surface area contributed by atoms with Crippen molar-refractivity contribution in [2.45, 2.75) is 84.2 Å². The number of nitrogens with zero attached hydrogens (tertiary/aromatic N) is 2. The van der Waals surface area contributed by atoms with Gasteiger partial charge in [0.25, 0.3) is 0 Å². The number of halogens is 1. The minimum Gasteiger partial charge on any atom is -1.00 e. The molecule has 0 aliphatic rings. The summed E-state index contributed by atoms with van der Waals surface area (Å²) in [6.45, 7) is 4.86. The van der Waals surface area contributed by atoms with Crippen molar-refractivity contribution < 1.29 is 22.1 Å². The number of hydrogen-bond donors (Lipinski definition) is 1. The molecule has 0 radical (unpaired) electrons. The number of hydrogen-bond acceptors (Lipinski definition) is 1. The van der Waals surface area contributed by atoms with Gasteiger partial charge in [0, 0.05) is 6.61 Å². The molecule has 1 aromatic rings. The lowest BCUT2D eigenvalue weighted by Gasteiger charge is -1.99. The lowest BCUT2D eigenvalue weighted by atomic mass is 10.1. The van der Waals surface area contributed by atoms with Crippen molar-refractivity contribution in [2.75, 3.05) is 6.61 Å². The Kier molecular flexibility index (Phi) is 14.0. The Morgan fingerprint density at radius 3 is 2.33 bits per heavy atom. The number of aromatic nitrogens is 2. The zero-order valence-corrected chi connectivity index (χ0v) is 14.4. The molecular formula is C17H33ClN2O. The molecule has 0 saturated heterocycles. The predicted octanol–water partition coefficient (Wildman–Crippen LogP) is 0.693. The third-order valence-electron chi connectivity index (χ3n) is 3.84. The van der Waals surface area contributed by atoms with Crippen molar-refractivity contribution in [3.05, 3.63) is 18.7 Å². The highest BCUT2D eigenvalue weighted by Gasteiger charge is 2.03. The first-order valence-corrected chi connectivity index (χ1v) is 8.52. The van der Waals surface area contributed by atoms with Crippen LogP contribution in [-0.4, -0.2) is 16.3 Å². The summed E-state index contributed by atoms with van der Waals surface area (Å²) in [7, 11) is 0. The van der Waals surface area contributed by atoms with E-state index in [-0.39, 0.29) is 12.4 Å². The fraction of sp³-hybridized carbons (Fsp3) is 0.824. The van der Waals surface area contributed by atoms with Crippen molar-refractivity contribution in [1.29, 1.82) is 0 Å². The van der Waals surface area contributed by atoms with Crippen LogP contribution in [0.1, 0.15) is 71.1 Å². The van der Waals surface area contributed by atoms with E-state index in [4.69, 9.17) is 5.11 Å². The van der Waals surface area contributed by atoms with Gasteiger partial charge in [-0.2, -0.15) is 0 Å². The van der Waals surface area contributed by atoms with Crippen LogP contribution in [0, 0.1) is 0 Å². The van der Waals surface area contributed by atoms with Crippen molar-refractivity contribution in [2.24, 2.45) is 0 Å². The maximum atomic E-state index is 8.73. The second-order valence-corrected chi connectivity index (χ2v) is 5.79. The summed E-state index contributed by atoms with van der Waals surface area (Å²) >= 11 is 0. The monoisotopic (exact) mass is 316 g/mol. The number of aliphatic hydroxyl groups is 1. The molecule has 1 rings (SSSR count). The molecule has 1 aromatic heterocycles. The van der Waals surface area contributed by atoms with Gasteiger partial charge in [0.2, 0.25) is 6.33 Å². The Labute approximate surface area is 136 Å². The number of imidazole rings is 1. The Hall–Kier alpha value is -0.540. The van der Waals surface area contributed by atoms with Gasteiger partial charge in [-0.3, -0.25) is 0 Å². The lowest BCUT2D eigenvalue weighted by molar-refractivity contribution is -0.696. The highest BCUT2D eigenvalue weighted by Crippen LogP contribution is 2.05.